The van der Waals surface area contributed by atoms with Gasteiger partial charge in [0.05, 0.1) is 5.02 Å². The number of primary amides is 1. The van der Waals surface area contributed by atoms with Crippen molar-refractivity contribution >= 4 is 17.5 Å². The van der Waals surface area contributed by atoms with Gasteiger partial charge in [0.2, 0.25) is 0 Å². The smallest absolute Gasteiger partial charge is 0.258 e. The predicted molar refractivity (Wildman–Crippen MR) is 50.7 cm³/mol. The van der Waals surface area contributed by atoms with Gasteiger partial charge in [-0.05, 0) is 19.1 Å². The van der Waals surface area contributed by atoms with Crippen LogP contribution in [0.3, 0.4) is 0 Å². The van der Waals surface area contributed by atoms with E-state index in [1.54, 1.807) is 0 Å². The Morgan fingerprint density at radius 1 is 1.64 bits per heavy atom. The van der Waals surface area contributed by atoms with Gasteiger partial charge in [0.25, 0.3) is 5.91 Å². The second-order valence-corrected chi connectivity index (χ2v) is 3.12. The van der Waals surface area contributed by atoms with Crippen molar-refractivity contribution in [1.29, 1.82) is 0 Å². The molecular formula is C9H9ClFNO2. The first kappa shape index (κ1) is 10.8. The topological polar surface area (TPSA) is 52.3 Å². The van der Waals surface area contributed by atoms with Crippen molar-refractivity contribution in [2.75, 3.05) is 0 Å². The summed E-state index contributed by atoms with van der Waals surface area (Å²) in [5.41, 5.74) is 4.95. The van der Waals surface area contributed by atoms with E-state index in [1.165, 1.54) is 25.1 Å². The van der Waals surface area contributed by atoms with Crippen molar-refractivity contribution in [3.8, 4) is 5.75 Å². The first-order valence-corrected chi connectivity index (χ1v) is 4.30. The summed E-state index contributed by atoms with van der Waals surface area (Å²) < 4.78 is 18.2. The molecule has 0 aromatic heterocycles. The van der Waals surface area contributed by atoms with Crippen LogP contribution in [-0.4, -0.2) is 12.0 Å². The summed E-state index contributed by atoms with van der Waals surface area (Å²) in [6, 6.07) is 4.29. The normalized spacial score (nSPS) is 12.2. The Morgan fingerprint density at radius 2 is 2.29 bits per heavy atom. The molecule has 76 valence electrons. The molecule has 1 atom stereocenters. The summed E-state index contributed by atoms with van der Waals surface area (Å²) in [5.74, 6) is -1.43. The molecule has 0 aliphatic heterocycles. The molecule has 3 nitrogen and oxygen atoms in total. The summed E-state index contributed by atoms with van der Waals surface area (Å²) in [5, 5.41) is -0.0563. The SMILES string of the molecule is CC(Oc1cccc(Cl)c1F)C(N)=O. The van der Waals surface area contributed by atoms with Crippen molar-refractivity contribution in [2.24, 2.45) is 5.73 Å². The molecule has 0 heterocycles. The van der Waals surface area contributed by atoms with E-state index in [4.69, 9.17) is 22.1 Å². The maximum atomic E-state index is 13.2. The number of nitrogens with two attached hydrogens (primary N) is 1. The van der Waals surface area contributed by atoms with Gasteiger partial charge >= 0.3 is 0 Å². The second-order valence-electron chi connectivity index (χ2n) is 2.71. The lowest BCUT2D eigenvalue weighted by Gasteiger charge is -2.11. The highest BCUT2D eigenvalue weighted by atomic mass is 35.5. The zero-order valence-corrected chi connectivity index (χ0v) is 8.22. The number of amides is 1. The first-order chi connectivity index (χ1) is 6.52. The molecule has 1 unspecified atom stereocenters. The van der Waals surface area contributed by atoms with E-state index in [0.29, 0.717) is 0 Å². The van der Waals surface area contributed by atoms with Gasteiger partial charge in [-0.2, -0.15) is 0 Å². The highest BCUT2D eigenvalue weighted by Crippen LogP contribution is 2.24. The largest absolute Gasteiger partial charge is 0.478 e. The molecule has 0 saturated carbocycles. The highest BCUT2D eigenvalue weighted by Gasteiger charge is 2.14. The summed E-state index contributed by atoms with van der Waals surface area (Å²) in [6.07, 6.45) is -0.886. The Hall–Kier alpha value is -1.29. The molecule has 0 aliphatic carbocycles. The molecule has 2 N–H and O–H groups in total. The van der Waals surface area contributed by atoms with Crippen molar-refractivity contribution in [1.82, 2.24) is 0 Å². The number of rotatable bonds is 3. The van der Waals surface area contributed by atoms with Crippen LogP contribution in [0.25, 0.3) is 0 Å². The van der Waals surface area contributed by atoms with Crippen LogP contribution in [0.5, 0.6) is 5.75 Å². The second kappa shape index (κ2) is 4.28. The van der Waals surface area contributed by atoms with Crippen LogP contribution in [0, 0.1) is 5.82 Å². The molecule has 1 amide bonds. The monoisotopic (exact) mass is 217 g/mol. The lowest BCUT2D eigenvalue weighted by Crippen LogP contribution is -2.30. The number of carbonyl (C=O) groups excluding carboxylic acids is 1. The summed E-state index contributed by atoms with van der Waals surface area (Å²) in [7, 11) is 0. The van der Waals surface area contributed by atoms with Gasteiger partial charge in [0, 0.05) is 0 Å². The molecule has 1 aromatic carbocycles. The predicted octanol–water partition coefficient (Wildman–Crippen LogP) is 1.73. The van der Waals surface area contributed by atoms with Crippen LogP contribution in [0.2, 0.25) is 5.02 Å². The third-order valence-corrected chi connectivity index (χ3v) is 1.91. The van der Waals surface area contributed by atoms with E-state index in [2.05, 4.69) is 0 Å². The summed E-state index contributed by atoms with van der Waals surface area (Å²) >= 11 is 5.51. The molecule has 0 bridgehead atoms. The van der Waals surface area contributed by atoms with Gasteiger partial charge in [-0.25, -0.2) is 4.39 Å². The lowest BCUT2D eigenvalue weighted by atomic mass is 10.3. The molecule has 0 saturated heterocycles. The molecule has 5 heteroatoms. The standard InChI is InChI=1S/C9H9ClFNO2/c1-5(9(12)13)14-7-4-2-3-6(10)8(7)11/h2-5H,1H3,(H2,12,13). The zero-order valence-electron chi connectivity index (χ0n) is 7.46. The van der Waals surface area contributed by atoms with Crippen molar-refractivity contribution < 1.29 is 13.9 Å². The van der Waals surface area contributed by atoms with Crippen molar-refractivity contribution in [3.05, 3.63) is 29.0 Å². The Kier molecular flexibility index (Phi) is 3.30. The minimum Gasteiger partial charge on any atom is -0.478 e. The summed E-state index contributed by atoms with van der Waals surface area (Å²) in [6.45, 7) is 1.43. The molecule has 14 heavy (non-hydrogen) atoms. The van der Waals surface area contributed by atoms with E-state index >= 15 is 0 Å². The molecule has 1 rings (SSSR count). The average molecular weight is 218 g/mol. The maximum absolute atomic E-state index is 13.2. The number of hydrogen-bond acceptors (Lipinski definition) is 2. The van der Waals surface area contributed by atoms with Crippen LogP contribution >= 0.6 is 11.6 Å². The van der Waals surface area contributed by atoms with Gasteiger partial charge in [-0.15, -0.1) is 0 Å². The van der Waals surface area contributed by atoms with E-state index in [9.17, 15) is 9.18 Å². The average Bonchev–Trinajstić information content (AvgIpc) is 2.12. The van der Waals surface area contributed by atoms with Crippen LogP contribution in [-0.2, 0) is 4.79 Å². The van der Waals surface area contributed by atoms with Gasteiger partial charge in [0.15, 0.2) is 17.7 Å². The fourth-order valence-electron chi connectivity index (χ4n) is 0.824. The number of halogens is 2. The van der Waals surface area contributed by atoms with E-state index < -0.39 is 17.8 Å². The number of carbonyl (C=O) groups is 1. The molecule has 1 aromatic rings. The van der Waals surface area contributed by atoms with E-state index in [0.717, 1.165) is 0 Å². The van der Waals surface area contributed by atoms with Gasteiger partial charge in [-0.1, -0.05) is 17.7 Å². The van der Waals surface area contributed by atoms with Gasteiger partial charge in [0.1, 0.15) is 0 Å². The molecule has 0 fully saturated rings. The minimum atomic E-state index is -0.886. The number of ether oxygens (including phenoxy) is 1. The molecular weight excluding hydrogens is 209 g/mol. The minimum absolute atomic E-state index is 0.0563. The van der Waals surface area contributed by atoms with Crippen molar-refractivity contribution in [3.63, 3.8) is 0 Å². The van der Waals surface area contributed by atoms with Crippen LogP contribution < -0.4 is 10.5 Å². The molecule has 0 spiro atoms. The Labute approximate surface area is 85.6 Å². The number of hydrogen-bond donors (Lipinski definition) is 1. The summed E-state index contributed by atoms with van der Waals surface area (Å²) in [4.78, 5) is 10.6. The van der Waals surface area contributed by atoms with Crippen LogP contribution in [0.15, 0.2) is 18.2 Å². The quantitative estimate of drug-likeness (QED) is 0.839. The third kappa shape index (κ3) is 2.35. The van der Waals surface area contributed by atoms with Crippen molar-refractivity contribution in [2.45, 2.75) is 13.0 Å². The molecule has 0 radical (unpaired) electrons. The fraction of sp³-hybridized carbons (Fsp3) is 0.222. The first-order valence-electron chi connectivity index (χ1n) is 3.92. The van der Waals surface area contributed by atoms with E-state index in [1.807, 2.05) is 0 Å². The van der Waals surface area contributed by atoms with E-state index in [-0.39, 0.29) is 10.8 Å². The highest BCUT2D eigenvalue weighted by molar-refractivity contribution is 6.30. The lowest BCUT2D eigenvalue weighted by molar-refractivity contribution is -0.124. The van der Waals surface area contributed by atoms with Crippen LogP contribution in [0.1, 0.15) is 6.92 Å². The van der Waals surface area contributed by atoms with Gasteiger partial charge < -0.3 is 10.5 Å². The zero-order chi connectivity index (χ0) is 10.7. The molecule has 0 aliphatic rings. The van der Waals surface area contributed by atoms with Crippen LogP contribution in [0.4, 0.5) is 4.39 Å². The number of benzene rings is 1. The Bertz CT molecular complexity index is 357. The Morgan fingerprint density at radius 3 is 2.86 bits per heavy atom. The third-order valence-electron chi connectivity index (χ3n) is 1.62. The maximum Gasteiger partial charge on any atom is 0.258 e. The Balaban J connectivity index is 2.87. The fourth-order valence-corrected chi connectivity index (χ4v) is 0.989. The van der Waals surface area contributed by atoms with Gasteiger partial charge in [-0.3, -0.25) is 4.79 Å².